The van der Waals surface area contributed by atoms with Crippen LogP contribution in [-0.4, -0.2) is 0 Å². The van der Waals surface area contributed by atoms with Crippen LogP contribution < -0.4 is 9.80 Å². The first kappa shape index (κ1) is 27.6. The highest BCUT2D eigenvalue weighted by Crippen LogP contribution is 2.54. The minimum Gasteiger partial charge on any atom is -0.310 e. The smallest absolute Gasteiger partial charge is 0.0601 e. The summed E-state index contributed by atoms with van der Waals surface area (Å²) in [5, 5.41) is 7.63. The van der Waals surface area contributed by atoms with Crippen molar-refractivity contribution in [3.05, 3.63) is 169 Å². The average molecular weight is 633 g/mol. The molecule has 0 fully saturated rings. The number of fused-ring (bicyclic) bond motifs is 10. The minimum absolute atomic E-state index is 0.0932. The SMILES string of the molecule is CC1(C)c2ccccc2N(c2ccc3c4cc(N5c6ccccc6Sc6ccccc65)ccc4c4ccccc4c3c2)c2ccccc21. The van der Waals surface area contributed by atoms with Gasteiger partial charge in [0.05, 0.1) is 22.7 Å². The highest BCUT2D eigenvalue weighted by Gasteiger charge is 2.36. The number of nitrogens with zero attached hydrogens (tertiary/aromatic N) is 2. The Morgan fingerprint density at radius 2 is 0.750 bits per heavy atom. The molecule has 0 atom stereocenters. The fourth-order valence-electron chi connectivity index (χ4n) is 8.14. The third kappa shape index (κ3) is 3.88. The zero-order valence-electron chi connectivity index (χ0n) is 26.8. The monoisotopic (exact) mass is 632 g/mol. The molecule has 0 unspecified atom stereocenters. The van der Waals surface area contributed by atoms with Gasteiger partial charge in [-0.1, -0.05) is 123 Å². The van der Waals surface area contributed by atoms with Crippen LogP contribution in [-0.2, 0) is 5.41 Å². The topological polar surface area (TPSA) is 6.48 Å². The largest absolute Gasteiger partial charge is 0.310 e. The maximum absolute atomic E-state index is 2.46. The Hall–Kier alpha value is -5.51. The summed E-state index contributed by atoms with van der Waals surface area (Å²) in [5.74, 6) is 0. The van der Waals surface area contributed by atoms with E-state index < -0.39 is 0 Å². The summed E-state index contributed by atoms with van der Waals surface area (Å²) < 4.78 is 0. The summed E-state index contributed by atoms with van der Waals surface area (Å²) in [5.41, 5.74) is 9.87. The molecule has 48 heavy (non-hydrogen) atoms. The quantitative estimate of drug-likeness (QED) is 0.175. The molecule has 2 aliphatic heterocycles. The number of rotatable bonds is 2. The Morgan fingerprint density at radius 1 is 0.375 bits per heavy atom. The highest BCUT2D eigenvalue weighted by molar-refractivity contribution is 7.99. The Labute approximate surface area is 284 Å². The summed E-state index contributed by atoms with van der Waals surface area (Å²) >= 11 is 1.85. The van der Waals surface area contributed by atoms with Crippen molar-refractivity contribution in [1.82, 2.24) is 0 Å². The van der Waals surface area contributed by atoms with Gasteiger partial charge in [-0.15, -0.1) is 0 Å². The number of hydrogen-bond acceptors (Lipinski definition) is 3. The van der Waals surface area contributed by atoms with E-state index in [0.717, 1.165) is 0 Å². The van der Waals surface area contributed by atoms with Gasteiger partial charge in [0.2, 0.25) is 0 Å². The molecular formula is C45H32N2S. The molecule has 8 aromatic carbocycles. The molecule has 0 aromatic heterocycles. The van der Waals surface area contributed by atoms with Gasteiger partial charge in [-0.05, 0) is 104 Å². The fraction of sp³-hybridized carbons (Fsp3) is 0.0667. The second kappa shape index (κ2) is 10.2. The van der Waals surface area contributed by atoms with Crippen molar-refractivity contribution in [3.63, 3.8) is 0 Å². The van der Waals surface area contributed by atoms with Gasteiger partial charge in [0, 0.05) is 26.6 Å². The molecule has 0 aliphatic carbocycles. The van der Waals surface area contributed by atoms with E-state index in [1.165, 1.54) is 87.4 Å². The standard InChI is InChI=1S/C45H32N2S/c1-45(2)37-15-5-7-17-39(37)46(40-18-8-6-16-38(40)45)29-24-26-34-35(27-29)32-14-4-3-13-31(32)33-25-23-30(28-36(33)34)47-41-19-9-11-21-43(41)48-44-22-12-10-20-42(44)47/h3-28H,1-2H3. The zero-order valence-corrected chi connectivity index (χ0v) is 27.6. The van der Waals surface area contributed by atoms with E-state index in [9.17, 15) is 0 Å². The van der Waals surface area contributed by atoms with Crippen LogP contribution in [0.5, 0.6) is 0 Å². The molecule has 2 nitrogen and oxygen atoms in total. The van der Waals surface area contributed by atoms with Gasteiger partial charge in [0.25, 0.3) is 0 Å². The predicted molar refractivity (Wildman–Crippen MR) is 205 cm³/mol. The molecule has 0 spiro atoms. The van der Waals surface area contributed by atoms with Crippen LogP contribution in [0.4, 0.5) is 34.1 Å². The van der Waals surface area contributed by atoms with Crippen LogP contribution in [0.15, 0.2) is 168 Å². The number of hydrogen-bond donors (Lipinski definition) is 0. The van der Waals surface area contributed by atoms with E-state index in [-0.39, 0.29) is 5.41 Å². The number of anilines is 6. The molecular weight excluding hydrogens is 601 g/mol. The summed E-state index contributed by atoms with van der Waals surface area (Å²) in [7, 11) is 0. The highest BCUT2D eigenvalue weighted by atomic mass is 32.2. The number of para-hydroxylation sites is 4. The first-order chi connectivity index (χ1) is 23.6. The summed E-state index contributed by atoms with van der Waals surface area (Å²) in [4.78, 5) is 7.44. The van der Waals surface area contributed by atoms with Crippen molar-refractivity contribution in [2.24, 2.45) is 0 Å². The Bertz CT molecular complexity index is 2510. The van der Waals surface area contributed by atoms with Crippen molar-refractivity contribution < 1.29 is 0 Å². The first-order valence-electron chi connectivity index (χ1n) is 16.6. The minimum atomic E-state index is -0.0932. The molecule has 2 aliphatic rings. The average Bonchev–Trinajstić information content (AvgIpc) is 3.14. The van der Waals surface area contributed by atoms with Gasteiger partial charge in [-0.25, -0.2) is 0 Å². The van der Waals surface area contributed by atoms with Crippen LogP contribution in [0.3, 0.4) is 0 Å². The Kier molecular flexibility index (Phi) is 5.89. The molecule has 0 saturated carbocycles. The van der Waals surface area contributed by atoms with Crippen molar-refractivity contribution in [2.45, 2.75) is 29.1 Å². The summed E-state index contributed by atoms with van der Waals surface area (Å²) in [6.07, 6.45) is 0. The molecule has 0 saturated heterocycles. The lowest BCUT2D eigenvalue weighted by atomic mass is 9.73. The maximum atomic E-state index is 2.46. The predicted octanol–water partition coefficient (Wildman–Crippen LogP) is 13.2. The van der Waals surface area contributed by atoms with Gasteiger partial charge in [0.15, 0.2) is 0 Å². The molecule has 10 rings (SSSR count). The van der Waals surface area contributed by atoms with Crippen LogP contribution in [0, 0.1) is 0 Å². The van der Waals surface area contributed by atoms with E-state index in [4.69, 9.17) is 0 Å². The molecule has 0 amide bonds. The van der Waals surface area contributed by atoms with Crippen LogP contribution in [0.2, 0.25) is 0 Å². The van der Waals surface area contributed by atoms with Crippen molar-refractivity contribution in [3.8, 4) is 0 Å². The van der Waals surface area contributed by atoms with E-state index >= 15 is 0 Å². The van der Waals surface area contributed by atoms with E-state index in [1.54, 1.807) is 0 Å². The van der Waals surface area contributed by atoms with Gasteiger partial charge in [-0.3, -0.25) is 0 Å². The lowest BCUT2D eigenvalue weighted by Gasteiger charge is -2.42. The molecule has 0 bridgehead atoms. The summed E-state index contributed by atoms with van der Waals surface area (Å²) in [6.45, 7) is 4.69. The third-order valence-electron chi connectivity index (χ3n) is 10.4. The van der Waals surface area contributed by atoms with Crippen molar-refractivity contribution in [1.29, 1.82) is 0 Å². The Balaban J connectivity index is 1.23. The van der Waals surface area contributed by atoms with Gasteiger partial charge in [-0.2, -0.15) is 0 Å². The van der Waals surface area contributed by atoms with Crippen LogP contribution in [0.25, 0.3) is 32.3 Å². The Morgan fingerprint density at radius 3 is 1.29 bits per heavy atom. The molecule has 8 aromatic rings. The normalized spacial score (nSPS) is 14.5. The van der Waals surface area contributed by atoms with E-state index in [2.05, 4.69) is 181 Å². The zero-order chi connectivity index (χ0) is 32.0. The third-order valence-corrected chi connectivity index (χ3v) is 11.5. The lowest BCUT2D eigenvalue weighted by molar-refractivity contribution is 0.632. The summed E-state index contributed by atoms with van der Waals surface area (Å²) in [6, 6.07) is 58.3. The van der Waals surface area contributed by atoms with Gasteiger partial charge in [0.1, 0.15) is 0 Å². The molecule has 3 heteroatoms. The second-order valence-electron chi connectivity index (χ2n) is 13.4. The lowest BCUT2D eigenvalue weighted by Crippen LogP contribution is -2.30. The van der Waals surface area contributed by atoms with Crippen LogP contribution in [0.1, 0.15) is 25.0 Å². The van der Waals surface area contributed by atoms with Crippen molar-refractivity contribution >= 4 is 78.2 Å². The molecule has 228 valence electrons. The number of benzene rings is 8. The molecule has 0 N–H and O–H groups in total. The van der Waals surface area contributed by atoms with Crippen LogP contribution >= 0.6 is 11.8 Å². The van der Waals surface area contributed by atoms with E-state index in [0.29, 0.717) is 0 Å². The maximum Gasteiger partial charge on any atom is 0.0601 e. The first-order valence-corrected chi connectivity index (χ1v) is 17.4. The van der Waals surface area contributed by atoms with E-state index in [1.807, 2.05) is 11.8 Å². The van der Waals surface area contributed by atoms with Gasteiger partial charge >= 0.3 is 0 Å². The molecule has 2 heterocycles. The van der Waals surface area contributed by atoms with Crippen molar-refractivity contribution in [2.75, 3.05) is 9.80 Å². The van der Waals surface area contributed by atoms with Gasteiger partial charge < -0.3 is 9.80 Å². The fourth-order valence-corrected chi connectivity index (χ4v) is 9.20. The molecule has 0 radical (unpaired) electrons. The second-order valence-corrected chi connectivity index (χ2v) is 14.5.